The molecule has 0 bridgehead atoms. The number of anilines is 1. The Morgan fingerprint density at radius 1 is 1.20 bits per heavy atom. The number of rotatable bonds is 4. The van der Waals surface area contributed by atoms with Crippen LogP contribution in [0.15, 0.2) is 24.3 Å². The molecule has 15 heavy (non-hydrogen) atoms. The van der Waals surface area contributed by atoms with E-state index in [4.69, 9.17) is 11.2 Å². The van der Waals surface area contributed by atoms with Crippen molar-refractivity contribution in [2.75, 3.05) is 5.32 Å². The molecule has 0 spiro atoms. The minimum absolute atomic E-state index is 0.0434. The lowest BCUT2D eigenvalue weighted by Gasteiger charge is -2.12. The third kappa shape index (κ3) is 3.95. The maximum Gasteiger partial charge on any atom is 0.119 e. The number of benzene rings is 1. The average molecular weight is 203 g/mol. The van der Waals surface area contributed by atoms with Crippen LogP contribution in [-0.2, 0) is 0 Å². The second kappa shape index (κ2) is 5.31. The maximum atomic E-state index is 5.53. The van der Waals surface area contributed by atoms with Crippen LogP contribution in [0.3, 0.4) is 0 Å². The van der Waals surface area contributed by atoms with Gasteiger partial charge in [-0.2, -0.15) is 0 Å². The molecule has 1 atom stereocenters. The van der Waals surface area contributed by atoms with E-state index in [-0.39, 0.29) is 12.1 Å². The van der Waals surface area contributed by atoms with Gasteiger partial charge in [-0.25, -0.2) is 0 Å². The van der Waals surface area contributed by atoms with Crippen LogP contribution in [0, 0.1) is 12.3 Å². The maximum absolute atomic E-state index is 5.53. The molecule has 0 saturated carbocycles. The molecule has 0 heterocycles. The molecular weight excluding hydrogens is 186 g/mol. The van der Waals surface area contributed by atoms with Gasteiger partial charge in [0, 0.05) is 5.69 Å². The fraction of sp³-hybridized carbons (Fsp3) is 0.385. The smallest absolute Gasteiger partial charge is 0.119 e. The van der Waals surface area contributed by atoms with E-state index in [1.807, 2.05) is 45.0 Å². The number of ether oxygens (including phenoxy) is 1. The number of hydrogen-bond acceptors (Lipinski definition) is 2. The van der Waals surface area contributed by atoms with Crippen LogP contribution >= 0.6 is 0 Å². The molecule has 0 aliphatic carbocycles. The summed E-state index contributed by atoms with van der Waals surface area (Å²) in [6.45, 7) is 5.96. The first-order chi connectivity index (χ1) is 7.11. The first kappa shape index (κ1) is 11.5. The lowest BCUT2D eigenvalue weighted by molar-refractivity contribution is 0.242. The predicted molar refractivity (Wildman–Crippen MR) is 64.1 cm³/mol. The summed E-state index contributed by atoms with van der Waals surface area (Å²) in [7, 11) is 0. The van der Waals surface area contributed by atoms with Crippen LogP contribution in [-0.4, -0.2) is 12.1 Å². The summed E-state index contributed by atoms with van der Waals surface area (Å²) >= 11 is 0. The van der Waals surface area contributed by atoms with Crippen molar-refractivity contribution >= 4 is 5.69 Å². The van der Waals surface area contributed by atoms with E-state index in [0.29, 0.717) is 0 Å². The zero-order valence-electron chi connectivity index (χ0n) is 9.45. The Labute approximate surface area is 91.6 Å². The van der Waals surface area contributed by atoms with Gasteiger partial charge >= 0.3 is 0 Å². The van der Waals surface area contributed by atoms with Crippen molar-refractivity contribution in [1.29, 1.82) is 0 Å². The average Bonchev–Trinajstić information content (AvgIpc) is 2.20. The van der Waals surface area contributed by atoms with Gasteiger partial charge in [0.15, 0.2) is 0 Å². The molecule has 0 aliphatic rings. The summed E-state index contributed by atoms with van der Waals surface area (Å²) in [5.41, 5.74) is 1.01. The Kier molecular flexibility index (Phi) is 4.05. The molecule has 0 fully saturated rings. The van der Waals surface area contributed by atoms with Crippen LogP contribution in [0.4, 0.5) is 5.69 Å². The summed E-state index contributed by atoms with van der Waals surface area (Å²) < 4.78 is 5.53. The summed E-state index contributed by atoms with van der Waals surface area (Å²) in [5, 5.41) is 3.18. The molecule has 1 N–H and O–H groups in total. The first-order valence-corrected chi connectivity index (χ1v) is 5.11. The molecule has 1 unspecified atom stereocenters. The largest absolute Gasteiger partial charge is 0.491 e. The zero-order valence-corrected chi connectivity index (χ0v) is 9.45. The Hall–Kier alpha value is -1.62. The lowest BCUT2D eigenvalue weighted by Crippen LogP contribution is -2.11. The van der Waals surface area contributed by atoms with E-state index in [2.05, 4.69) is 11.2 Å². The lowest BCUT2D eigenvalue weighted by atomic mass is 10.2. The molecule has 0 radical (unpaired) electrons. The molecule has 1 aromatic rings. The highest BCUT2D eigenvalue weighted by molar-refractivity contribution is 5.48. The highest BCUT2D eigenvalue weighted by Crippen LogP contribution is 2.17. The first-order valence-electron chi connectivity index (χ1n) is 5.11. The summed E-state index contributed by atoms with van der Waals surface area (Å²) in [5.74, 6) is 3.50. The van der Waals surface area contributed by atoms with Gasteiger partial charge in [-0.05, 0) is 45.0 Å². The monoisotopic (exact) mass is 203 g/mol. The van der Waals surface area contributed by atoms with Crippen molar-refractivity contribution in [2.24, 2.45) is 0 Å². The van der Waals surface area contributed by atoms with E-state index >= 15 is 0 Å². The van der Waals surface area contributed by atoms with Crippen LogP contribution in [0.1, 0.15) is 20.8 Å². The Morgan fingerprint density at radius 2 is 1.80 bits per heavy atom. The van der Waals surface area contributed by atoms with Crippen molar-refractivity contribution in [3.63, 3.8) is 0 Å². The van der Waals surface area contributed by atoms with Crippen molar-refractivity contribution in [3.05, 3.63) is 24.3 Å². The van der Waals surface area contributed by atoms with Crippen LogP contribution in [0.2, 0.25) is 0 Å². The second-order valence-corrected chi connectivity index (χ2v) is 3.72. The third-order valence-electron chi connectivity index (χ3n) is 1.86. The van der Waals surface area contributed by atoms with E-state index < -0.39 is 0 Å². The Balaban J connectivity index is 2.61. The molecule has 2 heteroatoms. The fourth-order valence-electron chi connectivity index (χ4n) is 1.19. The van der Waals surface area contributed by atoms with Crippen molar-refractivity contribution in [2.45, 2.75) is 32.9 Å². The molecule has 0 amide bonds. The third-order valence-corrected chi connectivity index (χ3v) is 1.86. The van der Waals surface area contributed by atoms with Crippen LogP contribution < -0.4 is 10.1 Å². The van der Waals surface area contributed by atoms with E-state index in [0.717, 1.165) is 11.4 Å². The normalized spacial score (nSPS) is 11.9. The van der Waals surface area contributed by atoms with Crippen LogP contribution in [0.25, 0.3) is 0 Å². The predicted octanol–water partition coefficient (Wildman–Crippen LogP) is 2.91. The minimum Gasteiger partial charge on any atom is -0.491 e. The van der Waals surface area contributed by atoms with E-state index in [1.165, 1.54) is 0 Å². The molecular formula is C13H17NO. The van der Waals surface area contributed by atoms with Gasteiger partial charge in [0.1, 0.15) is 5.75 Å². The van der Waals surface area contributed by atoms with Gasteiger partial charge < -0.3 is 10.1 Å². The standard InChI is InChI=1S/C13H17NO/c1-5-11(4)14-12-6-8-13(9-7-12)15-10(2)3/h1,6-11,14H,2-4H3. The van der Waals surface area contributed by atoms with Crippen molar-refractivity contribution in [1.82, 2.24) is 0 Å². The number of nitrogens with one attached hydrogen (secondary N) is 1. The second-order valence-electron chi connectivity index (χ2n) is 3.72. The van der Waals surface area contributed by atoms with Crippen LogP contribution in [0.5, 0.6) is 5.75 Å². The highest BCUT2D eigenvalue weighted by Gasteiger charge is 1.99. The van der Waals surface area contributed by atoms with Gasteiger partial charge in [0.25, 0.3) is 0 Å². The van der Waals surface area contributed by atoms with Gasteiger partial charge in [0.05, 0.1) is 12.1 Å². The zero-order chi connectivity index (χ0) is 11.3. The summed E-state index contributed by atoms with van der Waals surface area (Å²) in [4.78, 5) is 0. The van der Waals surface area contributed by atoms with E-state index in [9.17, 15) is 0 Å². The molecule has 0 saturated heterocycles. The molecule has 1 aromatic carbocycles. The van der Waals surface area contributed by atoms with Crippen molar-refractivity contribution in [3.8, 4) is 18.1 Å². The van der Waals surface area contributed by atoms with Gasteiger partial charge in [-0.15, -0.1) is 6.42 Å². The molecule has 0 aromatic heterocycles. The van der Waals surface area contributed by atoms with Gasteiger partial charge in [-0.1, -0.05) is 5.92 Å². The topological polar surface area (TPSA) is 21.3 Å². The summed E-state index contributed by atoms with van der Waals surface area (Å²) in [6, 6.07) is 7.84. The van der Waals surface area contributed by atoms with Gasteiger partial charge in [-0.3, -0.25) is 0 Å². The molecule has 2 nitrogen and oxygen atoms in total. The molecule has 0 aliphatic heterocycles. The van der Waals surface area contributed by atoms with Crippen molar-refractivity contribution < 1.29 is 4.74 Å². The number of terminal acetylenes is 1. The summed E-state index contributed by atoms with van der Waals surface area (Å²) in [6.07, 6.45) is 5.48. The highest BCUT2D eigenvalue weighted by atomic mass is 16.5. The quantitative estimate of drug-likeness (QED) is 0.760. The minimum atomic E-state index is 0.0434. The van der Waals surface area contributed by atoms with Gasteiger partial charge in [0.2, 0.25) is 0 Å². The Bertz CT molecular complexity index is 335. The number of hydrogen-bond donors (Lipinski definition) is 1. The fourth-order valence-corrected chi connectivity index (χ4v) is 1.19. The molecule has 1 rings (SSSR count). The molecule has 80 valence electrons. The Morgan fingerprint density at radius 3 is 2.27 bits per heavy atom. The van der Waals surface area contributed by atoms with E-state index in [1.54, 1.807) is 0 Å². The SMILES string of the molecule is C#CC(C)Nc1ccc(OC(C)C)cc1.